The lowest BCUT2D eigenvalue weighted by Gasteiger charge is -2.31. The molecule has 0 saturated carbocycles. The Morgan fingerprint density at radius 2 is 0.806 bits per heavy atom. The van der Waals surface area contributed by atoms with Crippen molar-refractivity contribution in [3.8, 4) is 0 Å². The van der Waals surface area contributed by atoms with Gasteiger partial charge in [-0.2, -0.15) is 0 Å². The minimum absolute atomic E-state index is 0.695. The summed E-state index contributed by atoms with van der Waals surface area (Å²) in [6.45, 7) is 4.53. The number of carboxylic acids is 1. The van der Waals surface area contributed by atoms with Gasteiger partial charge in [0.25, 0.3) is 0 Å². The summed E-state index contributed by atoms with van der Waals surface area (Å²) in [4.78, 5) is 11.9. The molecule has 0 aliphatic carbocycles. The van der Waals surface area contributed by atoms with Gasteiger partial charge in [-0.05, 0) is 12.8 Å². The topological polar surface area (TPSA) is 56.7 Å². The third-order valence-corrected chi connectivity index (χ3v) is 7.16. The standard InChI is InChI=1S/C28H57NO2/c1-4-6-8-10-12-14-16-18-20-22-24-26-28(29-3,27(30)31)25-23-21-19-17-15-13-11-9-7-5-2/h29H,4-26H2,1-3H3,(H,30,31). The van der Waals surface area contributed by atoms with Crippen LogP contribution in [-0.2, 0) is 4.79 Å². The smallest absolute Gasteiger partial charge is 0.136 e. The summed E-state index contributed by atoms with van der Waals surface area (Å²) in [6.07, 6.45) is 28.8. The third-order valence-electron chi connectivity index (χ3n) is 7.16. The fourth-order valence-electron chi connectivity index (χ4n) is 4.77. The van der Waals surface area contributed by atoms with Gasteiger partial charge < -0.3 is 15.2 Å². The second-order valence-electron chi connectivity index (χ2n) is 9.95. The largest absolute Gasteiger partial charge is 0.544 e. The van der Waals surface area contributed by atoms with Crippen LogP contribution in [0.15, 0.2) is 0 Å². The molecule has 0 spiro atoms. The minimum atomic E-state index is -0.849. The first-order valence-corrected chi connectivity index (χ1v) is 14.1. The van der Waals surface area contributed by atoms with Gasteiger partial charge in [-0.25, -0.2) is 0 Å². The quantitative estimate of drug-likeness (QED) is 0.161. The molecule has 0 amide bonds. The molecule has 3 nitrogen and oxygen atoms in total. The summed E-state index contributed by atoms with van der Waals surface area (Å²) >= 11 is 0. The van der Waals surface area contributed by atoms with Crippen LogP contribution < -0.4 is 10.4 Å². The predicted octanol–water partition coefficient (Wildman–Crippen LogP) is 6.68. The number of quaternary nitrogens is 1. The molecule has 1 unspecified atom stereocenters. The maximum Gasteiger partial charge on any atom is 0.136 e. The van der Waals surface area contributed by atoms with E-state index in [0.29, 0.717) is 0 Å². The number of carboxylic acid groups (broad SMARTS) is 1. The van der Waals surface area contributed by atoms with Crippen molar-refractivity contribution >= 4 is 5.97 Å². The Morgan fingerprint density at radius 1 is 0.548 bits per heavy atom. The van der Waals surface area contributed by atoms with E-state index < -0.39 is 11.5 Å². The van der Waals surface area contributed by atoms with Crippen molar-refractivity contribution in [1.29, 1.82) is 0 Å². The van der Waals surface area contributed by atoms with Crippen molar-refractivity contribution in [3.05, 3.63) is 0 Å². The van der Waals surface area contributed by atoms with Crippen molar-refractivity contribution in [2.24, 2.45) is 0 Å². The molecule has 31 heavy (non-hydrogen) atoms. The van der Waals surface area contributed by atoms with Crippen molar-refractivity contribution in [2.75, 3.05) is 7.05 Å². The zero-order valence-electron chi connectivity index (χ0n) is 21.7. The van der Waals surface area contributed by atoms with E-state index in [1.807, 2.05) is 12.4 Å². The normalized spacial score (nSPS) is 13.4. The van der Waals surface area contributed by atoms with Gasteiger partial charge in [0, 0.05) is 12.8 Å². The number of hydrogen-bond acceptors (Lipinski definition) is 2. The highest BCUT2D eigenvalue weighted by molar-refractivity contribution is 5.74. The van der Waals surface area contributed by atoms with Gasteiger partial charge in [-0.1, -0.05) is 136 Å². The minimum Gasteiger partial charge on any atom is -0.544 e. The van der Waals surface area contributed by atoms with Crippen molar-refractivity contribution in [2.45, 2.75) is 167 Å². The fourth-order valence-corrected chi connectivity index (χ4v) is 4.77. The van der Waals surface area contributed by atoms with E-state index in [9.17, 15) is 9.90 Å². The Hall–Kier alpha value is -0.570. The fraction of sp³-hybridized carbons (Fsp3) is 0.964. The number of aliphatic carboxylic acids is 1. The Labute approximate surface area is 195 Å². The molecule has 0 rings (SSSR count). The van der Waals surface area contributed by atoms with E-state index in [4.69, 9.17) is 0 Å². The van der Waals surface area contributed by atoms with Gasteiger partial charge in [0.05, 0.1) is 7.05 Å². The molecule has 0 bridgehead atoms. The first kappa shape index (κ1) is 30.4. The average molecular weight is 440 g/mol. The van der Waals surface area contributed by atoms with Gasteiger partial charge in [-0.3, -0.25) is 0 Å². The maximum absolute atomic E-state index is 11.9. The van der Waals surface area contributed by atoms with E-state index in [1.54, 1.807) is 0 Å². The molecule has 0 aromatic rings. The highest BCUT2D eigenvalue weighted by Crippen LogP contribution is 2.21. The monoisotopic (exact) mass is 439 g/mol. The van der Waals surface area contributed by atoms with E-state index in [0.717, 1.165) is 38.5 Å². The van der Waals surface area contributed by atoms with Crippen LogP contribution in [0.25, 0.3) is 0 Å². The van der Waals surface area contributed by atoms with Crippen LogP contribution in [-0.4, -0.2) is 18.6 Å². The lowest BCUT2D eigenvalue weighted by Crippen LogP contribution is -2.97. The third kappa shape index (κ3) is 17.6. The maximum atomic E-state index is 11.9. The molecule has 0 aliphatic heterocycles. The van der Waals surface area contributed by atoms with Crippen molar-refractivity contribution in [1.82, 2.24) is 0 Å². The number of rotatable bonds is 25. The summed E-state index contributed by atoms with van der Waals surface area (Å²) in [5, 5.41) is 13.8. The highest BCUT2D eigenvalue weighted by Gasteiger charge is 2.32. The van der Waals surface area contributed by atoms with Gasteiger partial charge in [0.1, 0.15) is 11.5 Å². The molecule has 186 valence electrons. The predicted molar refractivity (Wildman–Crippen MR) is 133 cm³/mol. The second kappa shape index (κ2) is 22.6. The van der Waals surface area contributed by atoms with Crippen LogP contribution in [0.4, 0.5) is 0 Å². The molecule has 1 atom stereocenters. The molecule has 0 radical (unpaired) electrons. The Bertz CT molecular complexity index is 385. The zero-order chi connectivity index (χ0) is 23.0. The van der Waals surface area contributed by atoms with E-state index in [1.165, 1.54) is 109 Å². The van der Waals surface area contributed by atoms with Crippen LogP contribution >= 0.6 is 0 Å². The van der Waals surface area contributed by atoms with Crippen molar-refractivity contribution < 1.29 is 15.2 Å². The van der Waals surface area contributed by atoms with Gasteiger partial charge >= 0.3 is 0 Å². The Morgan fingerprint density at radius 3 is 1.03 bits per heavy atom. The molecule has 0 saturated heterocycles. The second-order valence-corrected chi connectivity index (χ2v) is 9.95. The number of likely N-dealkylation sites (N-methyl/N-ethyl adjacent to an activating group) is 1. The van der Waals surface area contributed by atoms with Crippen LogP contribution in [0.2, 0.25) is 0 Å². The van der Waals surface area contributed by atoms with E-state index in [-0.39, 0.29) is 0 Å². The molecular formula is C28H57NO2. The van der Waals surface area contributed by atoms with Crippen LogP contribution in [0.1, 0.15) is 162 Å². The average Bonchev–Trinajstić information content (AvgIpc) is 2.77. The zero-order valence-corrected chi connectivity index (χ0v) is 21.7. The summed E-state index contributed by atoms with van der Waals surface area (Å²) < 4.78 is 0. The molecule has 3 heteroatoms. The molecule has 0 aliphatic rings. The number of nitrogens with two attached hydrogens (primary N) is 1. The van der Waals surface area contributed by atoms with Crippen molar-refractivity contribution in [3.63, 3.8) is 0 Å². The lowest BCUT2D eigenvalue weighted by molar-refractivity contribution is -0.698. The first-order valence-electron chi connectivity index (χ1n) is 14.1. The van der Waals surface area contributed by atoms with Gasteiger partial charge in [-0.15, -0.1) is 0 Å². The van der Waals surface area contributed by atoms with Gasteiger partial charge in [0.15, 0.2) is 0 Å². The Balaban J connectivity index is 3.80. The molecular weight excluding hydrogens is 382 g/mol. The van der Waals surface area contributed by atoms with Gasteiger partial charge in [0.2, 0.25) is 0 Å². The number of carbonyl (C=O) groups is 1. The summed E-state index contributed by atoms with van der Waals surface area (Å²) in [6, 6.07) is 0. The van der Waals surface area contributed by atoms with E-state index >= 15 is 0 Å². The molecule has 0 aromatic carbocycles. The molecule has 0 heterocycles. The highest BCUT2D eigenvalue weighted by atomic mass is 16.4. The SMILES string of the molecule is CCCCCCCCCCCCCC(CCCCCCCCCCCC)([NH2+]C)C(=O)[O-]. The Kier molecular flexibility index (Phi) is 22.2. The number of unbranched alkanes of at least 4 members (excludes halogenated alkanes) is 19. The summed E-state index contributed by atoms with van der Waals surface area (Å²) in [7, 11) is 1.92. The number of hydrogen-bond donors (Lipinski definition) is 1. The molecule has 0 fully saturated rings. The van der Waals surface area contributed by atoms with Crippen LogP contribution in [0.3, 0.4) is 0 Å². The molecule has 2 N–H and O–H groups in total. The lowest BCUT2D eigenvalue weighted by atomic mass is 9.86. The van der Waals surface area contributed by atoms with E-state index in [2.05, 4.69) is 13.8 Å². The van der Waals surface area contributed by atoms with Crippen LogP contribution in [0, 0.1) is 0 Å². The summed E-state index contributed by atoms with van der Waals surface area (Å²) in [5.74, 6) is -0.849. The number of carbonyl (C=O) groups excluding carboxylic acids is 1. The summed E-state index contributed by atoms with van der Waals surface area (Å²) in [5.41, 5.74) is -0.695. The molecule has 0 aromatic heterocycles. The van der Waals surface area contributed by atoms with Crippen LogP contribution in [0.5, 0.6) is 0 Å². The first-order chi connectivity index (χ1) is 15.1.